The molecule has 0 aliphatic rings. The standard InChI is InChI=1S/C22H30O2/c1-5-21(6-2)18(4)16-17(3)10-11-20-14-12-19(13-15-20)8-7-9-22(23)24/h5,12-16H,1,6-11H2,2-4H3,(H,23,24)/b17-16+,21-18-. The Balaban J connectivity index is 2.54. The Labute approximate surface area is 146 Å². The predicted octanol–water partition coefficient (Wildman–Crippen LogP) is 5.89. The van der Waals surface area contributed by atoms with Crippen LogP contribution in [-0.2, 0) is 17.6 Å². The summed E-state index contributed by atoms with van der Waals surface area (Å²) in [6.45, 7) is 10.4. The van der Waals surface area contributed by atoms with Crippen LogP contribution in [0.2, 0.25) is 0 Å². The van der Waals surface area contributed by atoms with E-state index in [0.29, 0.717) is 6.42 Å². The van der Waals surface area contributed by atoms with Gasteiger partial charge in [-0.2, -0.15) is 0 Å². The van der Waals surface area contributed by atoms with Crippen molar-refractivity contribution in [2.75, 3.05) is 0 Å². The molecule has 1 rings (SSSR count). The Kier molecular flexibility index (Phi) is 8.85. The first kappa shape index (κ1) is 20.0. The van der Waals surface area contributed by atoms with Crippen LogP contribution >= 0.6 is 0 Å². The van der Waals surface area contributed by atoms with Gasteiger partial charge in [0.25, 0.3) is 0 Å². The largest absolute Gasteiger partial charge is 0.481 e. The fourth-order valence-electron chi connectivity index (χ4n) is 2.78. The first-order valence-corrected chi connectivity index (χ1v) is 8.75. The highest BCUT2D eigenvalue weighted by Gasteiger charge is 2.00. The van der Waals surface area contributed by atoms with Crippen LogP contribution in [0.15, 0.2) is 59.7 Å². The smallest absolute Gasteiger partial charge is 0.303 e. The minimum absolute atomic E-state index is 0.239. The second-order valence-corrected chi connectivity index (χ2v) is 6.32. The van der Waals surface area contributed by atoms with Crippen molar-refractivity contribution in [3.05, 3.63) is 70.8 Å². The number of hydrogen-bond donors (Lipinski definition) is 1. The van der Waals surface area contributed by atoms with Gasteiger partial charge in [-0.05, 0) is 68.2 Å². The van der Waals surface area contributed by atoms with Crippen molar-refractivity contribution in [3.8, 4) is 0 Å². The molecule has 1 N–H and O–H groups in total. The maximum Gasteiger partial charge on any atom is 0.303 e. The normalized spacial score (nSPS) is 12.7. The van der Waals surface area contributed by atoms with Crippen molar-refractivity contribution < 1.29 is 9.90 Å². The Bertz CT molecular complexity index is 603. The van der Waals surface area contributed by atoms with Gasteiger partial charge in [-0.1, -0.05) is 55.5 Å². The molecule has 1 aromatic rings. The van der Waals surface area contributed by atoms with Crippen LogP contribution in [0.5, 0.6) is 0 Å². The van der Waals surface area contributed by atoms with Crippen LogP contribution in [-0.4, -0.2) is 11.1 Å². The number of carboxylic acids is 1. The topological polar surface area (TPSA) is 37.3 Å². The molecule has 0 saturated carbocycles. The van der Waals surface area contributed by atoms with E-state index in [0.717, 1.165) is 25.7 Å². The summed E-state index contributed by atoms with van der Waals surface area (Å²) in [6, 6.07) is 8.56. The van der Waals surface area contributed by atoms with Gasteiger partial charge in [0, 0.05) is 6.42 Å². The van der Waals surface area contributed by atoms with Gasteiger partial charge in [-0.15, -0.1) is 0 Å². The Morgan fingerprint density at radius 2 is 1.67 bits per heavy atom. The number of carboxylic acid groups (broad SMARTS) is 1. The molecule has 1 aromatic carbocycles. The number of benzene rings is 1. The van der Waals surface area contributed by atoms with E-state index < -0.39 is 5.97 Å². The number of hydrogen-bond acceptors (Lipinski definition) is 1. The number of allylic oxidation sites excluding steroid dienone is 5. The summed E-state index contributed by atoms with van der Waals surface area (Å²) >= 11 is 0. The van der Waals surface area contributed by atoms with Gasteiger partial charge in [-0.3, -0.25) is 4.79 Å². The van der Waals surface area contributed by atoms with Crippen LogP contribution in [0.4, 0.5) is 0 Å². The molecule has 130 valence electrons. The zero-order chi connectivity index (χ0) is 17.9. The van der Waals surface area contributed by atoms with Gasteiger partial charge in [0.05, 0.1) is 0 Å². The maximum absolute atomic E-state index is 10.5. The van der Waals surface area contributed by atoms with Gasteiger partial charge >= 0.3 is 5.97 Å². The summed E-state index contributed by atoms with van der Waals surface area (Å²) in [5, 5.41) is 8.67. The van der Waals surface area contributed by atoms with Crippen molar-refractivity contribution in [1.29, 1.82) is 0 Å². The predicted molar refractivity (Wildman–Crippen MR) is 102 cm³/mol. The number of carbonyl (C=O) groups is 1. The molecule has 0 spiro atoms. The van der Waals surface area contributed by atoms with Crippen molar-refractivity contribution in [2.24, 2.45) is 0 Å². The van der Waals surface area contributed by atoms with Gasteiger partial charge in [0.2, 0.25) is 0 Å². The SMILES string of the molecule is C=C/C(CC)=C(C)/C=C(\C)CCc1ccc(CCCC(=O)O)cc1. The van der Waals surface area contributed by atoms with Gasteiger partial charge in [-0.25, -0.2) is 0 Å². The summed E-state index contributed by atoms with van der Waals surface area (Å²) in [5.74, 6) is -0.721. The number of aryl methyl sites for hydroxylation is 2. The second kappa shape index (κ2) is 10.6. The summed E-state index contributed by atoms with van der Waals surface area (Å²) in [4.78, 5) is 10.5. The molecule has 24 heavy (non-hydrogen) atoms. The van der Waals surface area contributed by atoms with E-state index in [2.05, 4.69) is 57.7 Å². The van der Waals surface area contributed by atoms with Crippen LogP contribution in [0.1, 0.15) is 57.6 Å². The van der Waals surface area contributed by atoms with E-state index >= 15 is 0 Å². The highest BCUT2D eigenvalue weighted by molar-refractivity contribution is 5.66. The van der Waals surface area contributed by atoms with E-state index in [1.54, 1.807) is 0 Å². The fraction of sp³-hybridized carbons (Fsp3) is 0.409. The molecule has 0 bridgehead atoms. The molecule has 0 atom stereocenters. The monoisotopic (exact) mass is 326 g/mol. The van der Waals surface area contributed by atoms with E-state index in [9.17, 15) is 4.79 Å². The first-order chi connectivity index (χ1) is 11.5. The van der Waals surface area contributed by atoms with Crippen molar-refractivity contribution in [3.63, 3.8) is 0 Å². The lowest BCUT2D eigenvalue weighted by Gasteiger charge is -2.06. The summed E-state index contributed by atoms with van der Waals surface area (Å²) < 4.78 is 0. The van der Waals surface area contributed by atoms with E-state index in [-0.39, 0.29) is 6.42 Å². The molecule has 0 radical (unpaired) electrons. The summed E-state index contributed by atoms with van der Waals surface area (Å²) in [6.07, 6.45) is 9.07. The molecule has 0 heterocycles. The molecule has 0 aliphatic heterocycles. The molecule has 2 heteroatoms. The summed E-state index contributed by atoms with van der Waals surface area (Å²) in [7, 11) is 0. The molecule has 0 fully saturated rings. The number of rotatable bonds is 10. The van der Waals surface area contributed by atoms with Crippen LogP contribution in [0, 0.1) is 0 Å². The van der Waals surface area contributed by atoms with E-state index in [1.165, 1.54) is 27.8 Å². The third-order valence-corrected chi connectivity index (χ3v) is 4.28. The summed E-state index contributed by atoms with van der Waals surface area (Å²) in [5.41, 5.74) is 6.53. The van der Waals surface area contributed by atoms with Crippen LogP contribution in [0.3, 0.4) is 0 Å². The lowest BCUT2D eigenvalue weighted by Crippen LogP contribution is -1.96. The van der Waals surface area contributed by atoms with Crippen molar-refractivity contribution >= 4 is 5.97 Å². The van der Waals surface area contributed by atoms with Crippen LogP contribution in [0.25, 0.3) is 0 Å². The third kappa shape index (κ3) is 7.45. The molecular formula is C22H30O2. The van der Waals surface area contributed by atoms with E-state index in [4.69, 9.17) is 5.11 Å². The Morgan fingerprint density at radius 1 is 1.08 bits per heavy atom. The third-order valence-electron chi connectivity index (χ3n) is 4.28. The zero-order valence-corrected chi connectivity index (χ0v) is 15.3. The Morgan fingerprint density at radius 3 is 2.17 bits per heavy atom. The average molecular weight is 326 g/mol. The van der Waals surface area contributed by atoms with Gasteiger partial charge in [0.1, 0.15) is 0 Å². The lowest BCUT2D eigenvalue weighted by atomic mass is 9.99. The molecular weight excluding hydrogens is 296 g/mol. The highest BCUT2D eigenvalue weighted by Crippen LogP contribution is 2.16. The lowest BCUT2D eigenvalue weighted by molar-refractivity contribution is -0.137. The quantitative estimate of drug-likeness (QED) is 0.545. The molecule has 0 aromatic heterocycles. The van der Waals surface area contributed by atoms with Crippen LogP contribution < -0.4 is 0 Å². The molecule has 0 unspecified atom stereocenters. The second-order valence-electron chi connectivity index (χ2n) is 6.32. The van der Waals surface area contributed by atoms with Crippen molar-refractivity contribution in [1.82, 2.24) is 0 Å². The fourth-order valence-corrected chi connectivity index (χ4v) is 2.78. The first-order valence-electron chi connectivity index (χ1n) is 8.75. The van der Waals surface area contributed by atoms with Gasteiger partial charge in [0.15, 0.2) is 0 Å². The minimum Gasteiger partial charge on any atom is -0.481 e. The van der Waals surface area contributed by atoms with E-state index in [1.807, 2.05) is 6.08 Å². The molecule has 0 saturated heterocycles. The molecule has 2 nitrogen and oxygen atoms in total. The Hall–Kier alpha value is -2.09. The number of aliphatic carboxylic acids is 1. The van der Waals surface area contributed by atoms with Gasteiger partial charge < -0.3 is 5.11 Å². The highest BCUT2D eigenvalue weighted by atomic mass is 16.4. The average Bonchev–Trinajstić information content (AvgIpc) is 2.55. The van der Waals surface area contributed by atoms with Crippen molar-refractivity contribution in [2.45, 2.75) is 59.3 Å². The molecule has 0 aliphatic carbocycles. The maximum atomic E-state index is 10.5. The zero-order valence-electron chi connectivity index (χ0n) is 15.3. The minimum atomic E-state index is -0.721. The molecule has 0 amide bonds.